The first-order valence-electron chi connectivity index (χ1n) is 10.2. The van der Waals surface area contributed by atoms with Gasteiger partial charge in [0.25, 0.3) is 0 Å². The molecule has 3 aromatic rings. The van der Waals surface area contributed by atoms with Gasteiger partial charge in [0.05, 0.1) is 6.61 Å². The van der Waals surface area contributed by atoms with Crippen molar-refractivity contribution in [2.45, 2.75) is 45.0 Å². The smallest absolute Gasteiger partial charge is 0.406 e. The fourth-order valence-corrected chi connectivity index (χ4v) is 3.88. The molecule has 3 rings (SSSR count). The van der Waals surface area contributed by atoms with E-state index in [1.165, 1.54) is 24.4 Å². The van der Waals surface area contributed by atoms with Gasteiger partial charge >= 0.3 is 5.82 Å². The van der Waals surface area contributed by atoms with Crippen LogP contribution in [0.3, 0.4) is 0 Å². The van der Waals surface area contributed by atoms with Crippen molar-refractivity contribution in [1.82, 2.24) is 15.0 Å². The second-order valence-electron chi connectivity index (χ2n) is 8.93. The van der Waals surface area contributed by atoms with Gasteiger partial charge in [0, 0.05) is 23.5 Å². The number of halogens is 1. The van der Waals surface area contributed by atoms with Gasteiger partial charge in [-0.15, -0.1) is 0 Å². The number of rotatable bonds is 8. The number of nitrogens with zero attached hydrogens (tertiary/aromatic N) is 3. The number of nitro groups is 1. The number of hydrogen-bond acceptors (Lipinski definition) is 6. The highest BCUT2D eigenvalue weighted by molar-refractivity contribution is 6.74. The van der Waals surface area contributed by atoms with Gasteiger partial charge in [-0.1, -0.05) is 20.8 Å². The van der Waals surface area contributed by atoms with Crippen LogP contribution in [0.25, 0.3) is 11.4 Å². The Hall–Kier alpha value is -3.11. The van der Waals surface area contributed by atoms with E-state index in [1.807, 2.05) is 0 Å². The van der Waals surface area contributed by atoms with Crippen molar-refractivity contribution < 1.29 is 18.5 Å². The zero-order valence-corrected chi connectivity index (χ0v) is 19.8. The minimum absolute atomic E-state index is 0.0176. The van der Waals surface area contributed by atoms with E-state index in [9.17, 15) is 14.5 Å². The predicted molar refractivity (Wildman–Crippen MR) is 121 cm³/mol. The third kappa shape index (κ3) is 5.20. The Bertz CT molecular complexity index is 1080. The van der Waals surface area contributed by atoms with Crippen LogP contribution in [0, 0.1) is 15.9 Å². The predicted octanol–water partition coefficient (Wildman–Crippen LogP) is 5.66. The number of H-pyrrole nitrogens is 1. The molecule has 0 saturated heterocycles. The summed E-state index contributed by atoms with van der Waals surface area (Å²) in [5.74, 6) is -0.365. The van der Waals surface area contributed by atoms with Gasteiger partial charge in [-0.2, -0.15) is 0 Å². The molecule has 1 aromatic carbocycles. The van der Waals surface area contributed by atoms with Gasteiger partial charge in [0.1, 0.15) is 23.9 Å². The average Bonchev–Trinajstić information content (AvgIpc) is 3.25. The van der Waals surface area contributed by atoms with Crippen LogP contribution in [-0.4, -0.2) is 34.8 Å². The molecule has 32 heavy (non-hydrogen) atoms. The SMILES string of the molecule is CC(C)(C)[Si](C)(C)OCC(Oc1cccnc1[N+](=O)[O-])c1cc(F)ccc1-c1ncc[nH]1. The highest BCUT2D eigenvalue weighted by Crippen LogP contribution is 2.39. The van der Waals surface area contributed by atoms with Crippen molar-refractivity contribution in [1.29, 1.82) is 0 Å². The van der Waals surface area contributed by atoms with E-state index >= 15 is 0 Å². The molecule has 0 aliphatic heterocycles. The first-order valence-corrected chi connectivity index (χ1v) is 13.1. The van der Waals surface area contributed by atoms with Crippen molar-refractivity contribution in [2.75, 3.05) is 6.61 Å². The second-order valence-corrected chi connectivity index (χ2v) is 13.7. The molecule has 1 N–H and O–H groups in total. The molecule has 0 aliphatic rings. The number of aromatic amines is 1. The summed E-state index contributed by atoms with van der Waals surface area (Å²) in [5, 5.41) is 11.4. The van der Waals surface area contributed by atoms with E-state index in [0.717, 1.165) is 0 Å². The molecule has 170 valence electrons. The van der Waals surface area contributed by atoms with Crippen LogP contribution in [0.2, 0.25) is 18.1 Å². The van der Waals surface area contributed by atoms with Gasteiger partial charge in [-0.25, -0.2) is 9.37 Å². The summed E-state index contributed by atoms with van der Waals surface area (Å²) in [6, 6.07) is 7.30. The third-order valence-electron chi connectivity index (χ3n) is 5.71. The monoisotopic (exact) mass is 458 g/mol. The number of imidazole rings is 1. The summed E-state index contributed by atoms with van der Waals surface area (Å²) in [5.41, 5.74) is 1.09. The van der Waals surface area contributed by atoms with E-state index < -0.39 is 31.0 Å². The fraction of sp³-hybridized carbons (Fsp3) is 0.364. The van der Waals surface area contributed by atoms with E-state index in [-0.39, 0.29) is 17.4 Å². The molecule has 1 unspecified atom stereocenters. The molecule has 2 heterocycles. The Kier molecular flexibility index (Phi) is 6.75. The molecule has 0 radical (unpaired) electrons. The maximum atomic E-state index is 14.3. The van der Waals surface area contributed by atoms with E-state index in [0.29, 0.717) is 17.0 Å². The maximum absolute atomic E-state index is 14.3. The molecule has 2 aromatic heterocycles. The first-order chi connectivity index (χ1) is 15.0. The lowest BCUT2D eigenvalue weighted by Crippen LogP contribution is -2.42. The summed E-state index contributed by atoms with van der Waals surface area (Å²) < 4.78 is 26.8. The minimum atomic E-state index is -2.20. The molecule has 0 spiro atoms. The Labute approximate surface area is 187 Å². The van der Waals surface area contributed by atoms with Crippen LogP contribution >= 0.6 is 0 Å². The first kappa shape index (κ1) is 23.5. The molecule has 8 nitrogen and oxygen atoms in total. The Morgan fingerprint density at radius 2 is 1.97 bits per heavy atom. The number of benzene rings is 1. The zero-order chi connectivity index (χ0) is 23.5. The molecular weight excluding hydrogens is 431 g/mol. The van der Waals surface area contributed by atoms with Crippen LogP contribution < -0.4 is 4.74 Å². The number of nitrogens with one attached hydrogen (secondary N) is 1. The topological polar surface area (TPSA) is 103 Å². The quantitative estimate of drug-likeness (QED) is 0.265. The van der Waals surface area contributed by atoms with Gasteiger partial charge in [0.15, 0.2) is 8.32 Å². The molecule has 0 saturated carbocycles. The van der Waals surface area contributed by atoms with Crippen LogP contribution in [0.1, 0.15) is 32.4 Å². The third-order valence-corrected chi connectivity index (χ3v) is 10.2. The van der Waals surface area contributed by atoms with Crippen molar-refractivity contribution in [3.05, 3.63) is 70.4 Å². The average molecular weight is 459 g/mol. The van der Waals surface area contributed by atoms with Gasteiger partial charge in [-0.05, 0) is 58.4 Å². The largest absolute Gasteiger partial charge is 0.475 e. The Morgan fingerprint density at radius 3 is 2.59 bits per heavy atom. The molecule has 0 bridgehead atoms. The van der Waals surface area contributed by atoms with E-state index in [4.69, 9.17) is 9.16 Å². The van der Waals surface area contributed by atoms with Crippen molar-refractivity contribution in [2.24, 2.45) is 0 Å². The normalized spacial score (nSPS) is 13.1. The van der Waals surface area contributed by atoms with Gasteiger partial charge in [0.2, 0.25) is 5.75 Å². The van der Waals surface area contributed by atoms with Crippen LogP contribution in [0.4, 0.5) is 10.2 Å². The Morgan fingerprint density at radius 1 is 1.22 bits per heavy atom. The molecular formula is C22H27FN4O4Si. The van der Waals surface area contributed by atoms with Crippen LogP contribution in [0.5, 0.6) is 5.75 Å². The highest BCUT2D eigenvalue weighted by Gasteiger charge is 2.38. The lowest BCUT2D eigenvalue weighted by atomic mass is 10.0. The van der Waals surface area contributed by atoms with Crippen LogP contribution in [-0.2, 0) is 4.43 Å². The summed E-state index contributed by atoms with van der Waals surface area (Å²) in [6.45, 7) is 10.6. The number of pyridine rings is 1. The Balaban J connectivity index is 2.06. The van der Waals surface area contributed by atoms with Crippen molar-refractivity contribution in [3.8, 4) is 17.1 Å². The second kappa shape index (κ2) is 9.17. The van der Waals surface area contributed by atoms with E-state index in [1.54, 1.807) is 24.5 Å². The molecule has 0 amide bonds. The zero-order valence-electron chi connectivity index (χ0n) is 18.8. The van der Waals surface area contributed by atoms with Gasteiger partial charge < -0.3 is 24.3 Å². The minimum Gasteiger partial charge on any atom is -0.475 e. The highest BCUT2D eigenvalue weighted by atomic mass is 28.4. The van der Waals surface area contributed by atoms with Crippen LogP contribution in [0.15, 0.2) is 48.9 Å². The van der Waals surface area contributed by atoms with Crippen molar-refractivity contribution >= 4 is 14.1 Å². The lowest BCUT2D eigenvalue weighted by Gasteiger charge is -2.37. The number of ether oxygens (including phenoxy) is 1. The van der Waals surface area contributed by atoms with Crippen molar-refractivity contribution in [3.63, 3.8) is 0 Å². The fourth-order valence-electron chi connectivity index (χ4n) is 2.88. The molecule has 10 heteroatoms. The molecule has 1 atom stereocenters. The number of aromatic nitrogens is 3. The lowest BCUT2D eigenvalue weighted by molar-refractivity contribution is -0.390. The van der Waals surface area contributed by atoms with Gasteiger partial charge in [-0.3, -0.25) is 0 Å². The summed E-state index contributed by atoms with van der Waals surface area (Å²) >= 11 is 0. The summed E-state index contributed by atoms with van der Waals surface area (Å²) in [4.78, 5) is 22.0. The number of hydrogen-bond donors (Lipinski definition) is 1. The molecule has 0 fully saturated rings. The summed E-state index contributed by atoms with van der Waals surface area (Å²) in [7, 11) is -2.20. The van der Waals surface area contributed by atoms with E-state index in [2.05, 4.69) is 48.8 Å². The maximum Gasteiger partial charge on any atom is 0.406 e. The molecule has 0 aliphatic carbocycles. The standard InChI is InChI=1S/C22H27FN4O4Si/c1-22(2,3)32(4,5)30-14-19(31-18-7-6-10-26-21(18)27(28)29)17-13-15(23)8-9-16(17)20-24-11-12-25-20/h6-13,19H,14H2,1-5H3,(H,24,25). The summed E-state index contributed by atoms with van der Waals surface area (Å²) in [6.07, 6.45) is 3.75.